The number of aliphatic imine (C=N–C) groups is 1. The summed E-state index contributed by atoms with van der Waals surface area (Å²) < 4.78 is 17.9. The van der Waals surface area contributed by atoms with E-state index in [0.29, 0.717) is 49.7 Å². The molecule has 12 nitrogen and oxygen atoms in total. The smallest absolute Gasteiger partial charge is 0.425 e. The van der Waals surface area contributed by atoms with Gasteiger partial charge in [0.25, 0.3) is 6.47 Å². The standard InChI is InChI=1S/C29H39ClN6O6/c1-29(2,3)42-36(22-37)16-8-20-40-28(41-23-38)34-17-13-25(14-18-34)33-27(32)35(21-31)15-6-4-5-7-19-39-26-11-9-24(30)10-12-26/h9-14,17-18,22-23,28,32H,4-8,15-16,19-20H2,1-3H3/p+1. The van der Waals surface area contributed by atoms with Gasteiger partial charge in [0.2, 0.25) is 12.4 Å². The first-order chi connectivity index (χ1) is 20.1. The Morgan fingerprint density at radius 3 is 2.36 bits per heavy atom. The molecule has 0 aliphatic carbocycles. The van der Waals surface area contributed by atoms with E-state index in [4.69, 9.17) is 36.4 Å². The molecule has 0 saturated carbocycles. The first-order valence-corrected chi connectivity index (χ1v) is 14.1. The largest absolute Gasteiger partial charge is 0.494 e. The SMILES string of the molecule is CC(C)(C)ON(C=O)CCCOC(OC=O)[n+]1ccc(N=C(N)N(C#N)CCCCCCOc2ccc(Cl)cc2)cc1. The topological polar surface area (TPSA) is 144 Å². The van der Waals surface area contributed by atoms with Gasteiger partial charge in [0.05, 0.1) is 31.0 Å². The van der Waals surface area contributed by atoms with Crippen molar-refractivity contribution in [2.45, 2.75) is 64.9 Å². The molecule has 2 N–H and O–H groups in total. The van der Waals surface area contributed by atoms with E-state index in [0.717, 1.165) is 31.4 Å². The summed E-state index contributed by atoms with van der Waals surface area (Å²) in [7, 11) is 0. The third-order valence-corrected chi connectivity index (χ3v) is 5.79. The van der Waals surface area contributed by atoms with Crippen LogP contribution in [-0.4, -0.2) is 60.7 Å². The van der Waals surface area contributed by atoms with Crippen molar-refractivity contribution < 1.29 is 33.2 Å². The molecule has 0 saturated heterocycles. The maximum absolute atomic E-state index is 11.2. The third-order valence-electron chi connectivity index (χ3n) is 5.54. The summed E-state index contributed by atoms with van der Waals surface area (Å²) in [4.78, 5) is 33.4. The molecule has 1 aromatic heterocycles. The number of ether oxygens (including phenoxy) is 3. The molecule has 1 unspecified atom stereocenters. The Morgan fingerprint density at radius 2 is 1.74 bits per heavy atom. The number of hydrogen-bond acceptors (Lipinski definition) is 8. The highest BCUT2D eigenvalue weighted by Gasteiger charge is 2.21. The van der Waals surface area contributed by atoms with E-state index in [9.17, 15) is 14.9 Å². The molecular formula is C29H40ClN6O6+. The quantitative estimate of drug-likeness (QED) is 0.0287. The molecule has 0 aliphatic rings. The first kappa shape index (κ1) is 34.3. The van der Waals surface area contributed by atoms with Crippen molar-refractivity contribution in [3.05, 3.63) is 53.8 Å². The lowest BCUT2D eigenvalue weighted by molar-refractivity contribution is -0.798. The summed E-state index contributed by atoms with van der Waals surface area (Å²) in [5.74, 6) is 0.866. The second-order valence-electron chi connectivity index (χ2n) is 10.2. The number of nitriles is 1. The van der Waals surface area contributed by atoms with Crippen LogP contribution in [0.25, 0.3) is 0 Å². The van der Waals surface area contributed by atoms with Crippen LogP contribution in [0.15, 0.2) is 53.8 Å². The van der Waals surface area contributed by atoms with Gasteiger partial charge in [-0.15, -0.1) is 4.57 Å². The zero-order chi connectivity index (χ0) is 30.8. The molecule has 42 heavy (non-hydrogen) atoms. The zero-order valence-electron chi connectivity index (χ0n) is 24.4. The van der Waals surface area contributed by atoms with Crippen molar-refractivity contribution in [2.24, 2.45) is 10.7 Å². The Bertz CT molecular complexity index is 1150. The fraction of sp³-hybridized carbons (Fsp3) is 0.483. The van der Waals surface area contributed by atoms with Crippen LogP contribution in [0.2, 0.25) is 5.02 Å². The van der Waals surface area contributed by atoms with Crippen molar-refractivity contribution >= 4 is 36.1 Å². The normalized spacial score (nSPS) is 12.2. The Balaban J connectivity index is 1.77. The lowest BCUT2D eigenvalue weighted by Crippen LogP contribution is -2.42. The number of halogens is 1. The summed E-state index contributed by atoms with van der Waals surface area (Å²) >= 11 is 5.87. The summed E-state index contributed by atoms with van der Waals surface area (Å²) in [6.45, 7) is 7.37. The van der Waals surface area contributed by atoms with E-state index in [2.05, 4.69) is 11.2 Å². The molecule has 0 fully saturated rings. The van der Waals surface area contributed by atoms with Crippen LogP contribution >= 0.6 is 11.6 Å². The van der Waals surface area contributed by atoms with Crippen LogP contribution in [0.4, 0.5) is 5.69 Å². The lowest BCUT2D eigenvalue weighted by Gasteiger charge is -2.26. The van der Waals surface area contributed by atoms with Gasteiger partial charge in [0.15, 0.2) is 18.6 Å². The van der Waals surface area contributed by atoms with Crippen LogP contribution < -0.4 is 15.0 Å². The first-order valence-electron chi connectivity index (χ1n) is 13.7. The van der Waals surface area contributed by atoms with E-state index in [-0.39, 0.29) is 12.6 Å². The van der Waals surface area contributed by atoms with Gasteiger partial charge in [-0.2, -0.15) is 5.26 Å². The van der Waals surface area contributed by atoms with Gasteiger partial charge in [-0.25, -0.2) is 15.0 Å². The minimum Gasteiger partial charge on any atom is -0.494 e. The Labute approximate surface area is 252 Å². The number of rotatable bonds is 19. The van der Waals surface area contributed by atoms with Gasteiger partial charge in [0.1, 0.15) is 5.75 Å². The van der Waals surface area contributed by atoms with Crippen molar-refractivity contribution in [3.63, 3.8) is 0 Å². The number of aromatic nitrogens is 1. The fourth-order valence-electron chi connectivity index (χ4n) is 3.62. The van der Waals surface area contributed by atoms with E-state index in [1.807, 2.05) is 32.9 Å². The number of carbonyl (C=O) groups excluding carboxylic acids is 2. The van der Waals surface area contributed by atoms with Gasteiger partial charge < -0.3 is 15.2 Å². The molecular weight excluding hydrogens is 564 g/mol. The molecule has 1 heterocycles. The number of hydroxylamine groups is 2. The number of carbonyl (C=O) groups is 2. The highest BCUT2D eigenvalue weighted by atomic mass is 35.5. The number of nitrogens with two attached hydrogens (primary N) is 1. The van der Waals surface area contributed by atoms with E-state index in [1.54, 1.807) is 36.7 Å². The van der Waals surface area contributed by atoms with Gasteiger partial charge in [-0.3, -0.25) is 19.2 Å². The highest BCUT2D eigenvalue weighted by Crippen LogP contribution is 2.16. The van der Waals surface area contributed by atoms with Crippen molar-refractivity contribution in [1.82, 2.24) is 9.96 Å². The zero-order valence-corrected chi connectivity index (χ0v) is 25.1. The summed E-state index contributed by atoms with van der Waals surface area (Å²) in [6.07, 6.45) is 8.88. The summed E-state index contributed by atoms with van der Waals surface area (Å²) in [5, 5.41) is 11.4. The van der Waals surface area contributed by atoms with Crippen LogP contribution in [0.3, 0.4) is 0 Å². The van der Waals surface area contributed by atoms with Crippen LogP contribution in [0, 0.1) is 11.5 Å². The fourth-order valence-corrected chi connectivity index (χ4v) is 3.75. The Hall–Kier alpha value is -3.92. The second-order valence-corrected chi connectivity index (χ2v) is 10.6. The molecule has 2 rings (SSSR count). The van der Waals surface area contributed by atoms with Crippen LogP contribution in [0.1, 0.15) is 59.3 Å². The van der Waals surface area contributed by atoms with E-state index < -0.39 is 12.0 Å². The van der Waals surface area contributed by atoms with Gasteiger partial charge >= 0.3 is 6.41 Å². The minimum absolute atomic E-state index is 0.0791. The Kier molecular flexibility index (Phi) is 15.1. The monoisotopic (exact) mass is 603 g/mol. The van der Waals surface area contributed by atoms with E-state index in [1.165, 1.54) is 14.5 Å². The van der Waals surface area contributed by atoms with Gasteiger partial charge in [-0.05, 0) is 64.3 Å². The molecule has 0 bridgehead atoms. The predicted molar refractivity (Wildman–Crippen MR) is 156 cm³/mol. The second kappa shape index (κ2) is 18.5. The predicted octanol–water partition coefficient (Wildman–Crippen LogP) is 4.22. The van der Waals surface area contributed by atoms with Gasteiger partial charge in [0, 0.05) is 23.7 Å². The maximum Gasteiger partial charge on any atom is 0.425 e. The number of guanidine groups is 1. The molecule has 1 amide bonds. The van der Waals surface area contributed by atoms with E-state index >= 15 is 0 Å². The summed E-state index contributed by atoms with van der Waals surface area (Å²) in [5.41, 5.74) is 6.08. The van der Waals surface area contributed by atoms with Crippen molar-refractivity contribution in [1.29, 1.82) is 5.26 Å². The minimum atomic E-state index is -1.02. The molecule has 0 spiro atoms. The average Bonchev–Trinajstić information content (AvgIpc) is 2.96. The number of pyridine rings is 1. The number of hydrogen-bond donors (Lipinski definition) is 1. The maximum atomic E-state index is 11.2. The Morgan fingerprint density at radius 1 is 1.05 bits per heavy atom. The number of nitrogens with zero attached hydrogens (tertiary/aromatic N) is 5. The number of benzene rings is 1. The van der Waals surface area contributed by atoms with Crippen molar-refractivity contribution in [2.75, 3.05) is 26.3 Å². The molecule has 2 aromatic rings. The third kappa shape index (κ3) is 13.6. The molecule has 0 aliphatic heterocycles. The lowest BCUT2D eigenvalue weighted by atomic mass is 10.2. The van der Waals surface area contributed by atoms with Crippen molar-refractivity contribution in [3.8, 4) is 11.9 Å². The molecule has 228 valence electrons. The molecule has 0 radical (unpaired) electrons. The highest BCUT2D eigenvalue weighted by molar-refractivity contribution is 6.30. The summed E-state index contributed by atoms with van der Waals surface area (Å²) in [6, 6.07) is 10.6. The molecule has 13 heteroatoms. The van der Waals surface area contributed by atoms with Gasteiger partial charge in [-0.1, -0.05) is 24.4 Å². The molecule has 1 atom stereocenters. The van der Waals surface area contributed by atoms with Crippen LogP contribution in [-0.2, 0) is 23.9 Å². The number of unbranched alkanes of at least 4 members (excludes halogenated alkanes) is 3. The number of amides is 1. The van der Waals surface area contributed by atoms with Crippen LogP contribution in [0.5, 0.6) is 5.75 Å². The average molecular weight is 604 g/mol. The molecule has 1 aromatic carbocycles.